The van der Waals surface area contributed by atoms with Crippen LogP contribution in [0.1, 0.15) is 18.9 Å². The normalized spacial score (nSPS) is 22.2. The van der Waals surface area contributed by atoms with Gasteiger partial charge in [0.2, 0.25) is 5.91 Å². The van der Waals surface area contributed by atoms with Crippen molar-refractivity contribution < 1.29 is 4.79 Å². The van der Waals surface area contributed by atoms with Crippen molar-refractivity contribution in [3.05, 3.63) is 29.5 Å². The molecule has 3 rings (SSSR count). The topological polar surface area (TPSA) is 48.5 Å². The molecule has 2 aliphatic heterocycles. The smallest absolute Gasteiger partial charge is 0.224 e. The van der Waals surface area contributed by atoms with Crippen molar-refractivity contribution >= 4 is 17.3 Å². The van der Waals surface area contributed by atoms with E-state index in [4.69, 9.17) is 0 Å². The summed E-state index contributed by atoms with van der Waals surface area (Å²) in [6.07, 6.45) is 2.30. The number of nitrogens with zero attached hydrogens (tertiary/aromatic N) is 3. The summed E-state index contributed by atoms with van der Waals surface area (Å²) in [4.78, 5) is 16.2. The zero-order chi connectivity index (χ0) is 13.6. The number of hydrogen-bond acceptors (Lipinski definition) is 4. The summed E-state index contributed by atoms with van der Waals surface area (Å²) in [5.41, 5.74) is 3.57. The fraction of sp³-hybridized carbons (Fsp3) is 0.429. The van der Waals surface area contributed by atoms with Crippen LogP contribution in [-0.2, 0) is 4.79 Å². The van der Waals surface area contributed by atoms with Crippen LogP contribution in [0, 0.1) is 0 Å². The number of pyridine rings is 1. The number of hydrazine groups is 1. The van der Waals surface area contributed by atoms with Crippen LogP contribution in [0.5, 0.6) is 0 Å². The quantitative estimate of drug-likeness (QED) is 0.817. The number of rotatable bonds is 1. The third kappa shape index (κ3) is 1.90. The van der Waals surface area contributed by atoms with Gasteiger partial charge in [0.05, 0.1) is 19.0 Å². The molecule has 0 spiro atoms. The van der Waals surface area contributed by atoms with Crippen LogP contribution in [-0.4, -0.2) is 42.6 Å². The Morgan fingerprint density at radius 2 is 2.26 bits per heavy atom. The summed E-state index contributed by atoms with van der Waals surface area (Å²) in [6, 6.07) is 4.09. The van der Waals surface area contributed by atoms with Crippen molar-refractivity contribution in [3.8, 4) is 0 Å². The average molecular weight is 258 g/mol. The van der Waals surface area contributed by atoms with E-state index in [1.807, 2.05) is 38.3 Å². The summed E-state index contributed by atoms with van der Waals surface area (Å²) in [7, 11) is 3.99. The second kappa shape index (κ2) is 4.35. The number of hydrogen-bond donors (Lipinski definition) is 1. The van der Waals surface area contributed by atoms with Gasteiger partial charge in [-0.15, -0.1) is 0 Å². The van der Waals surface area contributed by atoms with Gasteiger partial charge in [-0.2, -0.15) is 0 Å². The Bertz CT molecular complexity index is 564. The van der Waals surface area contributed by atoms with Crippen LogP contribution in [0.4, 0.5) is 5.82 Å². The Balaban J connectivity index is 2.16. The highest BCUT2D eigenvalue weighted by molar-refractivity contribution is 5.93. The van der Waals surface area contributed by atoms with E-state index in [-0.39, 0.29) is 11.9 Å². The first kappa shape index (κ1) is 12.2. The third-order valence-electron chi connectivity index (χ3n) is 3.71. The Morgan fingerprint density at radius 1 is 1.47 bits per heavy atom. The molecule has 0 aliphatic carbocycles. The predicted octanol–water partition coefficient (Wildman–Crippen LogP) is 1.04. The van der Waals surface area contributed by atoms with Gasteiger partial charge < -0.3 is 5.32 Å². The lowest BCUT2D eigenvalue weighted by molar-refractivity contribution is -0.121. The van der Waals surface area contributed by atoms with E-state index in [1.165, 1.54) is 11.1 Å². The van der Waals surface area contributed by atoms with Gasteiger partial charge in [0.25, 0.3) is 0 Å². The van der Waals surface area contributed by atoms with Crippen molar-refractivity contribution in [1.29, 1.82) is 0 Å². The van der Waals surface area contributed by atoms with E-state index >= 15 is 0 Å². The van der Waals surface area contributed by atoms with Gasteiger partial charge in [-0.05, 0) is 30.2 Å². The van der Waals surface area contributed by atoms with Crippen molar-refractivity contribution in [3.63, 3.8) is 0 Å². The van der Waals surface area contributed by atoms with E-state index in [0.29, 0.717) is 6.42 Å². The zero-order valence-corrected chi connectivity index (χ0v) is 11.5. The van der Waals surface area contributed by atoms with Gasteiger partial charge in [0.1, 0.15) is 0 Å². The van der Waals surface area contributed by atoms with Crippen molar-refractivity contribution in [2.24, 2.45) is 0 Å². The Labute approximate surface area is 112 Å². The molecule has 19 heavy (non-hydrogen) atoms. The number of aromatic nitrogens is 1. The van der Waals surface area contributed by atoms with Crippen LogP contribution in [0.15, 0.2) is 23.9 Å². The van der Waals surface area contributed by atoms with Gasteiger partial charge in [-0.3, -0.25) is 9.80 Å². The molecule has 100 valence electrons. The van der Waals surface area contributed by atoms with Gasteiger partial charge in [-0.1, -0.05) is 0 Å². The lowest BCUT2D eigenvalue weighted by Crippen LogP contribution is -2.47. The fourth-order valence-electron chi connectivity index (χ4n) is 2.92. The number of fused-ring (bicyclic) bond motifs is 2. The average Bonchev–Trinajstić information content (AvgIpc) is 2.36. The van der Waals surface area contributed by atoms with Crippen LogP contribution < -0.4 is 10.3 Å². The number of nitrogens with one attached hydrogen (secondary N) is 1. The molecule has 1 amide bonds. The monoisotopic (exact) mass is 258 g/mol. The van der Waals surface area contributed by atoms with Gasteiger partial charge >= 0.3 is 0 Å². The Kier molecular flexibility index (Phi) is 2.78. The van der Waals surface area contributed by atoms with Crippen molar-refractivity contribution in [2.45, 2.75) is 19.4 Å². The summed E-state index contributed by atoms with van der Waals surface area (Å²) < 4.78 is 0. The lowest BCUT2D eigenvalue weighted by Gasteiger charge is -2.40. The van der Waals surface area contributed by atoms with Crippen LogP contribution in [0.2, 0.25) is 0 Å². The highest BCUT2D eigenvalue weighted by Gasteiger charge is 2.33. The molecular formula is C14H18N4O. The minimum atomic E-state index is 0.0588. The first-order chi connectivity index (χ1) is 9.08. The van der Waals surface area contributed by atoms with Crippen LogP contribution >= 0.6 is 0 Å². The molecule has 0 saturated carbocycles. The molecule has 1 unspecified atom stereocenters. The molecule has 1 atom stereocenters. The van der Waals surface area contributed by atoms with Crippen molar-refractivity contribution in [2.75, 3.05) is 25.6 Å². The maximum Gasteiger partial charge on any atom is 0.224 e. The van der Waals surface area contributed by atoms with E-state index in [0.717, 1.165) is 17.9 Å². The molecule has 1 N–H and O–H groups in total. The predicted molar refractivity (Wildman–Crippen MR) is 74.4 cm³/mol. The summed E-state index contributed by atoms with van der Waals surface area (Å²) in [5, 5.41) is 7.14. The molecule has 5 heteroatoms. The summed E-state index contributed by atoms with van der Waals surface area (Å²) >= 11 is 0. The van der Waals surface area contributed by atoms with Crippen molar-refractivity contribution in [1.82, 2.24) is 15.3 Å². The minimum Gasteiger partial charge on any atom is -0.349 e. The van der Waals surface area contributed by atoms with Crippen LogP contribution in [0.3, 0.4) is 0 Å². The summed E-state index contributed by atoms with van der Waals surface area (Å²) in [5.74, 6) is 1.08. The third-order valence-corrected chi connectivity index (χ3v) is 3.71. The highest BCUT2D eigenvalue weighted by Crippen LogP contribution is 2.38. The van der Waals surface area contributed by atoms with Crippen LogP contribution in [0.25, 0.3) is 5.57 Å². The Morgan fingerprint density at radius 3 is 3.00 bits per heavy atom. The number of carbonyl (C=O) groups excluding carboxylic acids is 1. The van der Waals surface area contributed by atoms with Gasteiger partial charge in [-0.25, -0.2) is 9.99 Å². The standard InChI is InChI=1S/C14H18N4O/c1-9-13-10(7-12(19)16-9)8-18(17(2)3)14-11(13)5-4-6-15-14/h4-6,9H,7-8H2,1-3H3,(H,16,19). The Hall–Kier alpha value is -1.88. The van der Waals surface area contributed by atoms with E-state index in [9.17, 15) is 4.79 Å². The second-order valence-electron chi connectivity index (χ2n) is 5.26. The fourth-order valence-corrected chi connectivity index (χ4v) is 2.92. The first-order valence-corrected chi connectivity index (χ1v) is 6.49. The molecule has 0 fully saturated rings. The maximum absolute atomic E-state index is 11.7. The summed E-state index contributed by atoms with van der Waals surface area (Å²) in [6.45, 7) is 2.78. The SMILES string of the molecule is CC1NC(=O)CC2=C1c1cccnc1N(N(C)C)C2. The number of carbonyl (C=O) groups is 1. The molecular weight excluding hydrogens is 240 g/mol. The zero-order valence-electron chi connectivity index (χ0n) is 11.5. The maximum atomic E-state index is 11.7. The van der Waals surface area contributed by atoms with E-state index in [1.54, 1.807) is 0 Å². The van der Waals surface area contributed by atoms with Gasteiger partial charge in [0, 0.05) is 25.9 Å². The highest BCUT2D eigenvalue weighted by atomic mass is 16.1. The largest absolute Gasteiger partial charge is 0.349 e. The molecule has 5 nitrogen and oxygen atoms in total. The molecule has 0 saturated heterocycles. The first-order valence-electron chi connectivity index (χ1n) is 6.49. The molecule has 1 aromatic rings. The van der Waals surface area contributed by atoms with E-state index < -0.39 is 0 Å². The molecule has 0 aromatic carbocycles. The number of anilines is 1. The lowest BCUT2D eigenvalue weighted by atomic mass is 9.87. The molecule has 3 heterocycles. The molecule has 1 aromatic heterocycles. The molecule has 2 aliphatic rings. The van der Waals surface area contributed by atoms with Gasteiger partial charge in [0.15, 0.2) is 5.82 Å². The second-order valence-corrected chi connectivity index (χ2v) is 5.26. The minimum absolute atomic E-state index is 0.0588. The molecule has 0 radical (unpaired) electrons. The van der Waals surface area contributed by atoms with E-state index in [2.05, 4.69) is 21.4 Å². The number of amides is 1. The molecule has 0 bridgehead atoms.